The lowest BCUT2D eigenvalue weighted by molar-refractivity contribution is -0.116. The Kier molecular flexibility index (Phi) is 6.97. The molecule has 0 aliphatic carbocycles. The normalized spacial score (nSPS) is 11.5. The number of amides is 2. The van der Waals surface area contributed by atoms with E-state index >= 15 is 0 Å². The molecule has 0 aliphatic rings. The van der Waals surface area contributed by atoms with Gasteiger partial charge in [-0.25, -0.2) is 9.78 Å². The number of thiazole rings is 1. The second kappa shape index (κ2) is 9.84. The quantitative estimate of drug-likeness (QED) is 0.579. The summed E-state index contributed by atoms with van der Waals surface area (Å²) in [5.74, 6) is -0.236. The Morgan fingerprint density at radius 3 is 2.52 bits per heavy atom. The molecule has 0 radical (unpaired) electrons. The standard InChI is InChI=1S/C22H23N3O3S/c1-3-28-22(27)24-18(16-7-5-4-6-8-16)13-20(26)25-21-23-19(14-29-21)17-11-9-15(2)10-12-17/h4-12,14,18H,3,13H2,1-2H3,(H,24,27)(H,23,25,26)/t18-/m1/s1. The number of aromatic nitrogens is 1. The minimum Gasteiger partial charge on any atom is -0.450 e. The van der Waals surface area contributed by atoms with E-state index < -0.39 is 12.1 Å². The summed E-state index contributed by atoms with van der Waals surface area (Å²) in [6, 6.07) is 16.9. The Morgan fingerprint density at radius 2 is 1.83 bits per heavy atom. The van der Waals surface area contributed by atoms with Crippen LogP contribution in [0.5, 0.6) is 0 Å². The first-order valence-electron chi connectivity index (χ1n) is 9.36. The SMILES string of the molecule is CCOC(=O)N[C@H](CC(=O)Nc1nc(-c2ccc(C)cc2)cs1)c1ccccc1. The molecule has 0 saturated heterocycles. The Labute approximate surface area is 173 Å². The van der Waals surface area contributed by atoms with E-state index in [1.807, 2.05) is 66.9 Å². The number of benzene rings is 2. The molecule has 2 aromatic carbocycles. The molecular weight excluding hydrogens is 386 g/mol. The fraction of sp³-hybridized carbons (Fsp3) is 0.227. The largest absolute Gasteiger partial charge is 0.450 e. The van der Waals surface area contributed by atoms with Crippen molar-refractivity contribution in [1.29, 1.82) is 0 Å². The zero-order valence-electron chi connectivity index (χ0n) is 16.3. The first kappa shape index (κ1) is 20.5. The van der Waals surface area contributed by atoms with Gasteiger partial charge in [-0.15, -0.1) is 11.3 Å². The molecular formula is C22H23N3O3S. The van der Waals surface area contributed by atoms with Gasteiger partial charge in [0.2, 0.25) is 5.91 Å². The van der Waals surface area contributed by atoms with Crippen LogP contribution in [0.25, 0.3) is 11.3 Å². The van der Waals surface area contributed by atoms with Gasteiger partial charge >= 0.3 is 6.09 Å². The molecule has 0 unspecified atom stereocenters. The molecule has 0 saturated carbocycles. The Morgan fingerprint density at radius 1 is 1.10 bits per heavy atom. The number of carbonyl (C=O) groups excluding carboxylic acids is 2. The summed E-state index contributed by atoms with van der Waals surface area (Å²) in [6.45, 7) is 4.03. The van der Waals surface area contributed by atoms with Crippen LogP contribution in [0.15, 0.2) is 60.0 Å². The Hall–Kier alpha value is -3.19. The number of ether oxygens (including phenoxy) is 1. The van der Waals surface area contributed by atoms with E-state index in [9.17, 15) is 9.59 Å². The number of alkyl carbamates (subject to hydrolysis) is 1. The zero-order valence-corrected chi connectivity index (χ0v) is 17.2. The van der Waals surface area contributed by atoms with Crippen LogP contribution in [0.1, 0.15) is 30.5 Å². The fourth-order valence-electron chi connectivity index (χ4n) is 2.80. The third-order valence-electron chi connectivity index (χ3n) is 4.26. The van der Waals surface area contributed by atoms with Crippen LogP contribution in [-0.4, -0.2) is 23.6 Å². The molecule has 0 fully saturated rings. The Bertz CT molecular complexity index is 955. The van der Waals surface area contributed by atoms with Crippen molar-refractivity contribution in [2.45, 2.75) is 26.3 Å². The van der Waals surface area contributed by atoms with E-state index in [0.717, 1.165) is 16.8 Å². The lowest BCUT2D eigenvalue weighted by Gasteiger charge is -2.18. The maximum absolute atomic E-state index is 12.6. The number of aryl methyl sites for hydroxylation is 1. The van der Waals surface area contributed by atoms with Crippen molar-refractivity contribution < 1.29 is 14.3 Å². The summed E-state index contributed by atoms with van der Waals surface area (Å²) in [6.07, 6.45) is -0.479. The van der Waals surface area contributed by atoms with Gasteiger partial charge in [0.15, 0.2) is 5.13 Å². The van der Waals surface area contributed by atoms with E-state index in [1.165, 1.54) is 16.9 Å². The van der Waals surface area contributed by atoms with Crippen molar-refractivity contribution in [1.82, 2.24) is 10.3 Å². The van der Waals surface area contributed by atoms with Crippen molar-refractivity contribution in [3.05, 3.63) is 71.1 Å². The van der Waals surface area contributed by atoms with Crippen LogP contribution < -0.4 is 10.6 Å². The van der Waals surface area contributed by atoms with Gasteiger partial charge < -0.3 is 15.4 Å². The van der Waals surface area contributed by atoms with Crippen molar-refractivity contribution in [2.24, 2.45) is 0 Å². The molecule has 0 spiro atoms. The number of hydrogen-bond acceptors (Lipinski definition) is 5. The number of nitrogens with one attached hydrogen (secondary N) is 2. The highest BCUT2D eigenvalue weighted by Gasteiger charge is 2.20. The van der Waals surface area contributed by atoms with E-state index in [-0.39, 0.29) is 18.9 Å². The van der Waals surface area contributed by atoms with Crippen LogP contribution in [-0.2, 0) is 9.53 Å². The average Bonchev–Trinajstić information content (AvgIpc) is 3.17. The summed E-state index contributed by atoms with van der Waals surface area (Å²) in [5.41, 5.74) is 3.82. The zero-order chi connectivity index (χ0) is 20.6. The molecule has 1 heterocycles. The highest BCUT2D eigenvalue weighted by molar-refractivity contribution is 7.14. The lowest BCUT2D eigenvalue weighted by atomic mass is 10.0. The smallest absolute Gasteiger partial charge is 0.407 e. The molecule has 0 bridgehead atoms. The van der Waals surface area contributed by atoms with E-state index in [4.69, 9.17) is 4.74 Å². The first-order valence-corrected chi connectivity index (χ1v) is 10.2. The molecule has 1 atom stereocenters. The van der Waals surface area contributed by atoms with Gasteiger partial charge in [0, 0.05) is 10.9 Å². The number of nitrogens with zero attached hydrogens (tertiary/aromatic N) is 1. The molecule has 150 valence electrons. The van der Waals surface area contributed by atoms with Crippen molar-refractivity contribution >= 4 is 28.5 Å². The summed E-state index contributed by atoms with van der Waals surface area (Å²) in [7, 11) is 0. The molecule has 3 aromatic rings. The van der Waals surface area contributed by atoms with Gasteiger partial charge in [-0.3, -0.25) is 4.79 Å². The second-order valence-corrected chi connectivity index (χ2v) is 7.34. The summed E-state index contributed by atoms with van der Waals surface area (Å²) in [4.78, 5) is 29.0. The number of rotatable bonds is 7. The minimum absolute atomic E-state index is 0.0717. The maximum atomic E-state index is 12.6. The highest BCUT2D eigenvalue weighted by atomic mass is 32.1. The van der Waals surface area contributed by atoms with Crippen LogP contribution in [0.3, 0.4) is 0 Å². The van der Waals surface area contributed by atoms with Gasteiger partial charge in [-0.2, -0.15) is 0 Å². The van der Waals surface area contributed by atoms with Gasteiger partial charge in [-0.1, -0.05) is 60.2 Å². The minimum atomic E-state index is -0.551. The average molecular weight is 410 g/mol. The third kappa shape index (κ3) is 5.89. The summed E-state index contributed by atoms with van der Waals surface area (Å²) in [5, 5.41) is 8.00. The van der Waals surface area contributed by atoms with Gasteiger partial charge in [0.05, 0.1) is 24.8 Å². The van der Waals surface area contributed by atoms with Crippen molar-refractivity contribution in [3.63, 3.8) is 0 Å². The monoisotopic (exact) mass is 409 g/mol. The maximum Gasteiger partial charge on any atom is 0.407 e. The molecule has 2 amide bonds. The fourth-order valence-corrected chi connectivity index (χ4v) is 3.53. The summed E-state index contributed by atoms with van der Waals surface area (Å²) < 4.78 is 4.96. The van der Waals surface area contributed by atoms with Gasteiger partial charge in [-0.05, 0) is 19.4 Å². The van der Waals surface area contributed by atoms with Crippen LogP contribution in [0.4, 0.5) is 9.93 Å². The predicted octanol–water partition coefficient (Wildman–Crippen LogP) is 4.93. The predicted molar refractivity (Wildman–Crippen MR) is 115 cm³/mol. The first-order chi connectivity index (χ1) is 14.0. The molecule has 7 heteroatoms. The van der Waals surface area contributed by atoms with Crippen LogP contribution in [0.2, 0.25) is 0 Å². The molecule has 6 nitrogen and oxygen atoms in total. The van der Waals surface area contributed by atoms with E-state index in [1.54, 1.807) is 6.92 Å². The topological polar surface area (TPSA) is 80.3 Å². The van der Waals surface area contributed by atoms with Crippen LogP contribution in [0, 0.1) is 6.92 Å². The molecule has 29 heavy (non-hydrogen) atoms. The second-order valence-electron chi connectivity index (χ2n) is 6.48. The lowest BCUT2D eigenvalue weighted by Crippen LogP contribution is -2.32. The van der Waals surface area contributed by atoms with Crippen molar-refractivity contribution in [2.75, 3.05) is 11.9 Å². The van der Waals surface area contributed by atoms with Gasteiger partial charge in [0.25, 0.3) is 0 Å². The third-order valence-corrected chi connectivity index (χ3v) is 5.01. The highest BCUT2D eigenvalue weighted by Crippen LogP contribution is 2.26. The van der Waals surface area contributed by atoms with Crippen LogP contribution >= 0.6 is 11.3 Å². The molecule has 2 N–H and O–H groups in total. The van der Waals surface area contributed by atoms with E-state index in [0.29, 0.717) is 5.13 Å². The Balaban J connectivity index is 1.67. The van der Waals surface area contributed by atoms with E-state index in [2.05, 4.69) is 15.6 Å². The molecule has 3 rings (SSSR count). The van der Waals surface area contributed by atoms with Crippen molar-refractivity contribution in [3.8, 4) is 11.3 Å². The van der Waals surface area contributed by atoms with Gasteiger partial charge in [0.1, 0.15) is 0 Å². The molecule has 1 aromatic heterocycles. The number of carbonyl (C=O) groups is 2. The summed E-state index contributed by atoms with van der Waals surface area (Å²) >= 11 is 1.37. The number of anilines is 1. The molecule has 0 aliphatic heterocycles. The number of hydrogen-bond donors (Lipinski definition) is 2.